The van der Waals surface area contributed by atoms with Gasteiger partial charge in [0.15, 0.2) is 5.82 Å². The molecule has 5 heteroatoms. The maximum absolute atomic E-state index is 9.83. The van der Waals surface area contributed by atoms with Gasteiger partial charge >= 0.3 is 0 Å². The zero-order valence-corrected chi connectivity index (χ0v) is 10.9. The fourth-order valence-electron chi connectivity index (χ4n) is 2.08. The summed E-state index contributed by atoms with van der Waals surface area (Å²) in [6.45, 7) is 1.97. The lowest BCUT2D eigenvalue weighted by molar-refractivity contribution is 0.416. The van der Waals surface area contributed by atoms with E-state index in [0.29, 0.717) is 16.7 Å². The van der Waals surface area contributed by atoms with E-state index in [9.17, 15) is 5.11 Å². The molecule has 4 nitrogen and oxygen atoms in total. The molecule has 1 atom stereocenters. The highest BCUT2D eigenvalue weighted by atomic mass is 32.2. The Balaban J connectivity index is 1.94. The first-order valence-corrected chi connectivity index (χ1v) is 7.04. The molecule has 1 N–H and O–H groups in total. The van der Waals surface area contributed by atoms with E-state index in [0.717, 1.165) is 23.6 Å². The van der Waals surface area contributed by atoms with Crippen LogP contribution in [-0.2, 0) is 0 Å². The summed E-state index contributed by atoms with van der Waals surface area (Å²) in [5.74, 6) is 2.48. The van der Waals surface area contributed by atoms with Crippen molar-refractivity contribution >= 4 is 11.8 Å². The molecule has 0 bridgehead atoms. The summed E-state index contributed by atoms with van der Waals surface area (Å²) in [6.07, 6.45) is 2.30. The van der Waals surface area contributed by atoms with Gasteiger partial charge in [-0.1, -0.05) is 16.8 Å². The van der Waals surface area contributed by atoms with Crippen molar-refractivity contribution in [1.29, 1.82) is 0 Å². The van der Waals surface area contributed by atoms with Crippen LogP contribution >= 0.6 is 11.8 Å². The van der Waals surface area contributed by atoms with Crippen LogP contribution in [0.5, 0.6) is 5.75 Å². The molecule has 1 aromatic carbocycles. The standard InChI is InChI=1S/C13H14N2O2S/c1-8-4-5-10(16)9(7-8)13-14-12(15-17-13)11-3-2-6-18-11/h4-5,7,11,16H,2-3,6H2,1H3. The number of thioether (sulfide) groups is 1. The quantitative estimate of drug-likeness (QED) is 0.899. The summed E-state index contributed by atoms with van der Waals surface area (Å²) in [4.78, 5) is 4.41. The first kappa shape index (κ1) is 11.6. The summed E-state index contributed by atoms with van der Waals surface area (Å²) < 4.78 is 5.26. The highest BCUT2D eigenvalue weighted by Gasteiger charge is 2.24. The highest BCUT2D eigenvalue weighted by Crippen LogP contribution is 2.39. The Bertz CT molecular complexity index is 562. The van der Waals surface area contributed by atoms with Gasteiger partial charge in [-0.25, -0.2) is 0 Å². The minimum Gasteiger partial charge on any atom is -0.507 e. The molecule has 0 radical (unpaired) electrons. The third-order valence-corrected chi connectivity index (χ3v) is 4.42. The summed E-state index contributed by atoms with van der Waals surface area (Å²) >= 11 is 1.86. The van der Waals surface area contributed by atoms with Crippen molar-refractivity contribution in [2.45, 2.75) is 25.0 Å². The summed E-state index contributed by atoms with van der Waals surface area (Å²) in [6, 6.07) is 5.36. The Labute approximate surface area is 109 Å². The van der Waals surface area contributed by atoms with Gasteiger partial charge in [0.05, 0.1) is 10.8 Å². The Morgan fingerprint density at radius 3 is 3.11 bits per heavy atom. The summed E-state index contributed by atoms with van der Waals surface area (Å²) in [5.41, 5.74) is 1.66. The molecule has 0 saturated carbocycles. The fraction of sp³-hybridized carbons (Fsp3) is 0.385. The van der Waals surface area contributed by atoms with Crippen molar-refractivity contribution < 1.29 is 9.63 Å². The number of nitrogens with zero attached hydrogens (tertiary/aromatic N) is 2. The summed E-state index contributed by atoms with van der Waals surface area (Å²) in [7, 11) is 0. The topological polar surface area (TPSA) is 59.2 Å². The number of phenols is 1. The number of aryl methyl sites for hydroxylation is 1. The van der Waals surface area contributed by atoms with Crippen LogP contribution in [0.25, 0.3) is 11.5 Å². The average Bonchev–Trinajstić information content (AvgIpc) is 3.00. The number of hydrogen-bond donors (Lipinski definition) is 1. The second kappa shape index (κ2) is 4.65. The zero-order chi connectivity index (χ0) is 12.5. The van der Waals surface area contributed by atoms with Gasteiger partial charge in [-0.2, -0.15) is 16.7 Å². The van der Waals surface area contributed by atoms with Gasteiger partial charge < -0.3 is 9.63 Å². The Morgan fingerprint density at radius 2 is 2.33 bits per heavy atom. The Morgan fingerprint density at radius 1 is 1.44 bits per heavy atom. The lowest BCUT2D eigenvalue weighted by Crippen LogP contribution is -1.91. The Hall–Kier alpha value is -1.49. The minimum atomic E-state index is 0.176. The predicted molar refractivity (Wildman–Crippen MR) is 70.6 cm³/mol. The Kier molecular flexibility index (Phi) is 2.99. The normalized spacial score (nSPS) is 19.3. The molecular weight excluding hydrogens is 248 g/mol. The SMILES string of the molecule is Cc1ccc(O)c(-c2nc(C3CCCS3)no2)c1. The van der Waals surface area contributed by atoms with Crippen molar-refractivity contribution in [2.75, 3.05) is 5.75 Å². The van der Waals surface area contributed by atoms with Crippen LogP contribution in [0.3, 0.4) is 0 Å². The molecule has 2 heterocycles. The van der Waals surface area contributed by atoms with Crippen molar-refractivity contribution in [3.05, 3.63) is 29.6 Å². The molecule has 94 valence electrons. The van der Waals surface area contributed by atoms with E-state index in [1.807, 2.05) is 30.8 Å². The predicted octanol–water partition coefficient (Wildman–Crippen LogP) is 3.32. The zero-order valence-electron chi connectivity index (χ0n) is 10.1. The van der Waals surface area contributed by atoms with E-state index < -0.39 is 0 Å². The molecule has 1 fully saturated rings. The van der Waals surface area contributed by atoms with Gasteiger partial charge in [0.1, 0.15) is 5.75 Å². The van der Waals surface area contributed by atoms with Crippen molar-refractivity contribution in [1.82, 2.24) is 10.1 Å². The monoisotopic (exact) mass is 262 g/mol. The molecular formula is C13H14N2O2S. The van der Waals surface area contributed by atoms with Crippen LogP contribution in [0.15, 0.2) is 22.7 Å². The molecule has 2 aromatic rings. The molecule has 1 aliphatic rings. The maximum Gasteiger partial charge on any atom is 0.261 e. The molecule has 1 aliphatic heterocycles. The van der Waals surface area contributed by atoms with Crippen LogP contribution in [0.1, 0.15) is 29.5 Å². The third-order valence-electron chi connectivity index (χ3n) is 3.04. The van der Waals surface area contributed by atoms with Crippen LogP contribution in [-0.4, -0.2) is 21.0 Å². The molecule has 0 spiro atoms. The lowest BCUT2D eigenvalue weighted by atomic mass is 10.1. The fourth-order valence-corrected chi connectivity index (χ4v) is 3.27. The van der Waals surface area contributed by atoms with E-state index in [1.54, 1.807) is 6.07 Å². The van der Waals surface area contributed by atoms with Crippen LogP contribution in [0, 0.1) is 6.92 Å². The molecule has 0 amide bonds. The molecule has 1 unspecified atom stereocenters. The number of hydrogen-bond acceptors (Lipinski definition) is 5. The molecule has 1 saturated heterocycles. The van der Waals surface area contributed by atoms with Crippen molar-refractivity contribution in [3.63, 3.8) is 0 Å². The van der Waals surface area contributed by atoms with Gasteiger partial charge in [-0.05, 0) is 37.7 Å². The number of benzene rings is 1. The van der Waals surface area contributed by atoms with Gasteiger partial charge in [0, 0.05) is 0 Å². The molecule has 3 rings (SSSR count). The van der Waals surface area contributed by atoms with Crippen molar-refractivity contribution in [3.8, 4) is 17.2 Å². The number of rotatable bonds is 2. The van der Waals surface area contributed by atoms with Crippen LogP contribution < -0.4 is 0 Å². The van der Waals surface area contributed by atoms with E-state index in [2.05, 4.69) is 10.1 Å². The second-order valence-electron chi connectivity index (χ2n) is 4.48. The van der Waals surface area contributed by atoms with Crippen LogP contribution in [0.4, 0.5) is 0 Å². The maximum atomic E-state index is 9.83. The average molecular weight is 262 g/mol. The smallest absolute Gasteiger partial charge is 0.261 e. The largest absolute Gasteiger partial charge is 0.507 e. The van der Waals surface area contributed by atoms with Crippen LogP contribution in [0.2, 0.25) is 0 Å². The lowest BCUT2D eigenvalue weighted by Gasteiger charge is -2.01. The van der Waals surface area contributed by atoms with E-state index in [-0.39, 0.29) is 5.75 Å². The third kappa shape index (κ3) is 2.10. The first-order chi connectivity index (χ1) is 8.74. The number of aromatic hydroxyl groups is 1. The minimum absolute atomic E-state index is 0.176. The van der Waals surface area contributed by atoms with Gasteiger partial charge in [0.25, 0.3) is 5.89 Å². The van der Waals surface area contributed by atoms with E-state index in [4.69, 9.17) is 4.52 Å². The molecule has 18 heavy (non-hydrogen) atoms. The first-order valence-electron chi connectivity index (χ1n) is 5.99. The van der Waals surface area contributed by atoms with E-state index in [1.165, 1.54) is 6.42 Å². The molecule has 1 aromatic heterocycles. The van der Waals surface area contributed by atoms with Gasteiger partial charge in [-0.3, -0.25) is 0 Å². The second-order valence-corrected chi connectivity index (χ2v) is 5.79. The highest BCUT2D eigenvalue weighted by molar-refractivity contribution is 7.99. The number of phenolic OH excluding ortho intramolecular Hbond substituents is 1. The van der Waals surface area contributed by atoms with Gasteiger partial charge in [-0.15, -0.1) is 0 Å². The van der Waals surface area contributed by atoms with E-state index >= 15 is 0 Å². The summed E-state index contributed by atoms with van der Waals surface area (Å²) in [5, 5.41) is 14.2. The number of aromatic nitrogens is 2. The molecule has 0 aliphatic carbocycles. The van der Waals surface area contributed by atoms with Gasteiger partial charge in [0.2, 0.25) is 0 Å². The van der Waals surface area contributed by atoms with Crippen molar-refractivity contribution in [2.24, 2.45) is 0 Å².